The highest BCUT2D eigenvalue weighted by Crippen LogP contribution is 2.21. The first-order valence-electron chi connectivity index (χ1n) is 4.46. The first-order valence-corrected chi connectivity index (χ1v) is 4.84. The lowest BCUT2D eigenvalue weighted by Crippen LogP contribution is -1.95. The van der Waals surface area contributed by atoms with E-state index >= 15 is 0 Å². The molecule has 0 saturated carbocycles. The quantitative estimate of drug-likeness (QED) is 0.776. The van der Waals surface area contributed by atoms with Gasteiger partial charge in [0.1, 0.15) is 0 Å². The smallest absolute Gasteiger partial charge is 0.0831 e. The molecule has 0 amide bonds. The van der Waals surface area contributed by atoms with Gasteiger partial charge in [-0.15, -0.1) is 0 Å². The average molecular weight is 218 g/mol. The van der Waals surface area contributed by atoms with Gasteiger partial charge in [0, 0.05) is 12.4 Å². The molecular formula is C11H8ClN3. The third-order valence-corrected chi connectivity index (χ3v) is 2.35. The number of nitrogens with zero attached hydrogens (tertiary/aromatic N) is 3. The molecule has 0 unspecified atom stereocenters. The molecule has 1 heterocycles. The second kappa shape index (κ2) is 4.16. The molecule has 0 aliphatic carbocycles. The van der Waals surface area contributed by atoms with E-state index in [1.165, 1.54) is 0 Å². The molecule has 2 rings (SSSR count). The highest BCUT2D eigenvalue weighted by atomic mass is 35.5. The normalized spacial score (nSPS) is 9.87. The zero-order valence-corrected chi connectivity index (χ0v) is 8.65. The minimum atomic E-state index is 0.374. The van der Waals surface area contributed by atoms with E-state index in [9.17, 15) is 0 Å². The zero-order valence-electron chi connectivity index (χ0n) is 7.89. The van der Waals surface area contributed by atoms with E-state index in [4.69, 9.17) is 16.9 Å². The van der Waals surface area contributed by atoms with Crippen LogP contribution in [0.2, 0.25) is 5.02 Å². The summed E-state index contributed by atoms with van der Waals surface area (Å²) in [6.07, 6.45) is 3.89. The van der Waals surface area contributed by atoms with E-state index in [0.717, 1.165) is 11.3 Å². The Morgan fingerprint density at radius 2 is 2.33 bits per heavy atom. The van der Waals surface area contributed by atoms with Gasteiger partial charge >= 0.3 is 0 Å². The summed E-state index contributed by atoms with van der Waals surface area (Å²) >= 11 is 6.09. The van der Waals surface area contributed by atoms with Gasteiger partial charge in [0.15, 0.2) is 0 Å². The molecule has 0 radical (unpaired) electrons. The predicted octanol–water partition coefficient (Wildman–Crippen LogP) is 2.59. The molecule has 15 heavy (non-hydrogen) atoms. The van der Waals surface area contributed by atoms with Gasteiger partial charge < -0.3 is 0 Å². The summed E-state index contributed by atoms with van der Waals surface area (Å²) in [6, 6.07) is 9.45. The van der Waals surface area contributed by atoms with Gasteiger partial charge in [0.05, 0.1) is 23.2 Å². The van der Waals surface area contributed by atoms with E-state index in [-0.39, 0.29) is 0 Å². The van der Waals surface area contributed by atoms with Gasteiger partial charge in [-0.1, -0.05) is 17.7 Å². The van der Waals surface area contributed by atoms with Crippen LogP contribution in [-0.2, 0) is 6.42 Å². The fourth-order valence-electron chi connectivity index (χ4n) is 1.35. The Bertz CT molecular complexity index is 497. The fraction of sp³-hybridized carbons (Fsp3) is 0.0909. The van der Waals surface area contributed by atoms with Crippen LogP contribution in [0.3, 0.4) is 0 Å². The number of hydrogen-bond donors (Lipinski definition) is 0. The highest BCUT2D eigenvalue weighted by molar-refractivity contribution is 6.32. The van der Waals surface area contributed by atoms with Crippen molar-refractivity contribution in [3.8, 4) is 11.8 Å². The van der Waals surface area contributed by atoms with Gasteiger partial charge in [-0.2, -0.15) is 10.4 Å². The van der Waals surface area contributed by atoms with Crippen molar-refractivity contribution < 1.29 is 0 Å². The van der Waals surface area contributed by atoms with Gasteiger partial charge in [0.25, 0.3) is 0 Å². The minimum Gasteiger partial charge on any atom is -0.239 e. The highest BCUT2D eigenvalue weighted by Gasteiger charge is 2.03. The third-order valence-electron chi connectivity index (χ3n) is 2.05. The Hall–Kier alpha value is -1.79. The monoisotopic (exact) mass is 217 g/mol. The summed E-state index contributed by atoms with van der Waals surface area (Å²) in [4.78, 5) is 0. The van der Waals surface area contributed by atoms with Gasteiger partial charge in [-0.05, 0) is 23.8 Å². The third kappa shape index (κ3) is 2.00. The Morgan fingerprint density at radius 1 is 1.47 bits per heavy atom. The van der Waals surface area contributed by atoms with Crippen molar-refractivity contribution in [2.75, 3.05) is 0 Å². The maximum atomic E-state index is 8.55. The van der Waals surface area contributed by atoms with Crippen molar-refractivity contribution in [2.45, 2.75) is 6.42 Å². The molecule has 0 aliphatic rings. The van der Waals surface area contributed by atoms with Crippen LogP contribution in [0.5, 0.6) is 0 Å². The van der Waals surface area contributed by atoms with Crippen LogP contribution in [-0.4, -0.2) is 9.78 Å². The zero-order chi connectivity index (χ0) is 10.7. The molecule has 0 spiro atoms. The fourth-order valence-corrected chi connectivity index (χ4v) is 1.64. The van der Waals surface area contributed by atoms with Crippen molar-refractivity contribution in [3.63, 3.8) is 0 Å². The molecule has 0 N–H and O–H groups in total. The minimum absolute atomic E-state index is 0.374. The standard InChI is InChI=1S/C11H8ClN3/c12-10-8-9(4-5-13)2-3-11(10)15-7-1-6-14-15/h1-3,6-8H,4H2. The number of halogens is 1. The molecule has 3 nitrogen and oxygen atoms in total. The topological polar surface area (TPSA) is 41.6 Å². The van der Waals surface area contributed by atoms with Gasteiger partial charge in [-0.25, -0.2) is 4.68 Å². The summed E-state index contributed by atoms with van der Waals surface area (Å²) in [6.45, 7) is 0. The molecule has 2 aromatic rings. The van der Waals surface area contributed by atoms with Crippen LogP contribution in [0.4, 0.5) is 0 Å². The lowest BCUT2D eigenvalue weighted by molar-refractivity contribution is 0.880. The molecule has 4 heteroatoms. The number of rotatable bonds is 2. The van der Waals surface area contributed by atoms with Crippen LogP contribution < -0.4 is 0 Å². The Morgan fingerprint density at radius 3 is 2.93 bits per heavy atom. The Labute approximate surface area is 92.5 Å². The largest absolute Gasteiger partial charge is 0.239 e. The number of hydrogen-bond acceptors (Lipinski definition) is 2. The predicted molar refractivity (Wildman–Crippen MR) is 57.9 cm³/mol. The summed E-state index contributed by atoms with van der Waals surface area (Å²) in [5, 5.41) is 13.2. The maximum absolute atomic E-state index is 8.55. The van der Waals surface area contributed by atoms with Gasteiger partial charge in [-0.3, -0.25) is 0 Å². The average Bonchev–Trinajstić information content (AvgIpc) is 2.71. The molecule has 0 saturated heterocycles. The molecule has 0 fully saturated rings. The molecular weight excluding hydrogens is 210 g/mol. The second-order valence-corrected chi connectivity index (χ2v) is 3.48. The summed E-state index contributed by atoms with van der Waals surface area (Å²) in [5.74, 6) is 0. The van der Waals surface area contributed by atoms with Crippen molar-refractivity contribution in [1.82, 2.24) is 9.78 Å². The molecule has 0 atom stereocenters. The van der Waals surface area contributed by atoms with Crippen LogP contribution >= 0.6 is 11.6 Å². The number of nitriles is 1. The molecule has 1 aromatic heterocycles. The van der Waals surface area contributed by atoms with Crippen molar-refractivity contribution >= 4 is 11.6 Å². The van der Waals surface area contributed by atoms with Crippen LogP contribution in [0.15, 0.2) is 36.7 Å². The van der Waals surface area contributed by atoms with E-state index in [1.807, 2.05) is 24.4 Å². The molecule has 1 aromatic carbocycles. The maximum Gasteiger partial charge on any atom is 0.0831 e. The van der Waals surface area contributed by atoms with Gasteiger partial charge in [0.2, 0.25) is 0 Å². The lowest BCUT2D eigenvalue weighted by Gasteiger charge is -2.05. The van der Waals surface area contributed by atoms with E-state index in [0.29, 0.717) is 11.4 Å². The van der Waals surface area contributed by atoms with Crippen LogP contribution in [0.1, 0.15) is 5.56 Å². The van der Waals surface area contributed by atoms with Crippen molar-refractivity contribution in [1.29, 1.82) is 5.26 Å². The molecule has 74 valence electrons. The first-order chi connectivity index (χ1) is 7.31. The molecule has 0 aliphatic heterocycles. The lowest BCUT2D eigenvalue weighted by atomic mass is 10.1. The van der Waals surface area contributed by atoms with Crippen molar-refractivity contribution in [2.24, 2.45) is 0 Å². The van der Waals surface area contributed by atoms with E-state index < -0.39 is 0 Å². The summed E-state index contributed by atoms with van der Waals surface area (Å²) in [7, 11) is 0. The van der Waals surface area contributed by atoms with Crippen molar-refractivity contribution in [3.05, 3.63) is 47.2 Å². The van der Waals surface area contributed by atoms with Crippen LogP contribution in [0.25, 0.3) is 5.69 Å². The second-order valence-electron chi connectivity index (χ2n) is 3.07. The number of benzene rings is 1. The summed E-state index contributed by atoms with van der Waals surface area (Å²) < 4.78 is 1.69. The van der Waals surface area contributed by atoms with E-state index in [2.05, 4.69) is 11.2 Å². The Balaban J connectivity index is 2.40. The number of aromatic nitrogens is 2. The van der Waals surface area contributed by atoms with E-state index in [1.54, 1.807) is 16.9 Å². The Kier molecular flexibility index (Phi) is 2.70. The first kappa shape index (κ1) is 9.75. The molecule has 0 bridgehead atoms. The SMILES string of the molecule is N#CCc1ccc(-n2cccn2)c(Cl)c1. The van der Waals surface area contributed by atoms with Crippen LogP contribution in [0, 0.1) is 11.3 Å². The summed E-state index contributed by atoms with van der Waals surface area (Å²) in [5.41, 5.74) is 1.74.